The molecule has 0 atom stereocenters. The summed E-state index contributed by atoms with van der Waals surface area (Å²) in [5.74, 6) is -0.483. The summed E-state index contributed by atoms with van der Waals surface area (Å²) >= 11 is 7.23. The van der Waals surface area contributed by atoms with Gasteiger partial charge in [0.05, 0.1) is 5.71 Å². The lowest BCUT2D eigenvalue weighted by Crippen LogP contribution is -2.02. The predicted octanol–water partition coefficient (Wildman–Crippen LogP) is 5.04. The molecule has 0 bridgehead atoms. The van der Waals surface area contributed by atoms with Crippen LogP contribution in [0.1, 0.15) is 22.2 Å². The Hall–Kier alpha value is -2.50. The van der Waals surface area contributed by atoms with Crippen LogP contribution in [0, 0.1) is 0 Å². The second-order valence-corrected chi connectivity index (χ2v) is 6.49. The van der Waals surface area contributed by atoms with Gasteiger partial charge in [-0.25, -0.2) is 4.79 Å². The van der Waals surface area contributed by atoms with Crippen LogP contribution in [-0.2, 0) is 4.84 Å². The maximum absolute atomic E-state index is 12.1. The van der Waals surface area contributed by atoms with Crippen molar-refractivity contribution in [3.05, 3.63) is 76.4 Å². The number of aromatic nitrogens is 1. The van der Waals surface area contributed by atoms with Gasteiger partial charge in [0.25, 0.3) is 0 Å². The molecule has 6 heteroatoms. The summed E-state index contributed by atoms with van der Waals surface area (Å²) in [4.78, 5) is 22.6. The second kappa shape index (κ2) is 7.38. The molecule has 0 fully saturated rings. The maximum Gasteiger partial charge on any atom is 0.375 e. The molecule has 0 N–H and O–H groups in total. The normalized spacial score (nSPS) is 11.3. The Morgan fingerprint density at radius 2 is 1.96 bits per heavy atom. The van der Waals surface area contributed by atoms with Crippen molar-refractivity contribution in [2.75, 3.05) is 0 Å². The molecule has 3 aromatic rings. The number of rotatable bonds is 4. The zero-order valence-electron chi connectivity index (χ0n) is 12.8. The summed E-state index contributed by atoms with van der Waals surface area (Å²) in [6.45, 7) is 1.76. The fraction of sp³-hybridized carbons (Fsp3) is 0.0556. The minimum Gasteiger partial charge on any atom is -0.312 e. The highest BCUT2D eigenvalue weighted by molar-refractivity contribution is 7.17. The smallest absolute Gasteiger partial charge is 0.312 e. The summed E-state index contributed by atoms with van der Waals surface area (Å²) in [6.07, 6.45) is 3.34. The number of hydrogen-bond donors (Lipinski definition) is 0. The van der Waals surface area contributed by atoms with Crippen LogP contribution >= 0.6 is 22.9 Å². The molecule has 4 nitrogen and oxygen atoms in total. The van der Waals surface area contributed by atoms with Gasteiger partial charge in [0.1, 0.15) is 4.88 Å². The molecule has 3 rings (SSSR count). The van der Waals surface area contributed by atoms with E-state index in [-0.39, 0.29) is 0 Å². The van der Waals surface area contributed by atoms with E-state index in [1.165, 1.54) is 11.3 Å². The fourth-order valence-electron chi connectivity index (χ4n) is 2.00. The minimum atomic E-state index is -0.483. The van der Waals surface area contributed by atoms with Crippen molar-refractivity contribution in [3.8, 4) is 10.4 Å². The monoisotopic (exact) mass is 356 g/mol. The number of halogens is 1. The number of hydrogen-bond acceptors (Lipinski definition) is 5. The third-order valence-electron chi connectivity index (χ3n) is 3.28. The lowest BCUT2D eigenvalue weighted by Gasteiger charge is -1.99. The molecule has 0 aliphatic rings. The van der Waals surface area contributed by atoms with Crippen LogP contribution in [0.2, 0.25) is 5.02 Å². The van der Waals surface area contributed by atoms with Gasteiger partial charge in [-0.2, -0.15) is 0 Å². The molecule has 120 valence electrons. The Balaban J connectivity index is 1.71. The lowest BCUT2D eigenvalue weighted by atomic mass is 10.2. The van der Waals surface area contributed by atoms with Crippen molar-refractivity contribution in [3.63, 3.8) is 0 Å². The van der Waals surface area contributed by atoms with E-state index in [0.717, 1.165) is 16.0 Å². The number of benzene rings is 1. The van der Waals surface area contributed by atoms with Gasteiger partial charge < -0.3 is 4.84 Å². The molecule has 0 aliphatic carbocycles. The predicted molar refractivity (Wildman–Crippen MR) is 96.6 cm³/mol. The first-order valence-corrected chi connectivity index (χ1v) is 8.35. The Morgan fingerprint density at radius 3 is 2.67 bits per heavy atom. The van der Waals surface area contributed by atoms with Crippen molar-refractivity contribution in [1.29, 1.82) is 0 Å². The number of carbonyl (C=O) groups excluding carboxylic acids is 1. The number of nitrogens with zero attached hydrogens (tertiary/aromatic N) is 2. The number of pyridine rings is 1. The second-order valence-electron chi connectivity index (χ2n) is 4.97. The van der Waals surface area contributed by atoms with Gasteiger partial charge in [0.2, 0.25) is 0 Å². The van der Waals surface area contributed by atoms with E-state index in [1.807, 2.05) is 36.4 Å². The average molecular weight is 357 g/mol. The summed E-state index contributed by atoms with van der Waals surface area (Å²) in [6, 6.07) is 14.7. The van der Waals surface area contributed by atoms with E-state index in [0.29, 0.717) is 15.6 Å². The Bertz CT molecular complexity index is 874. The van der Waals surface area contributed by atoms with E-state index >= 15 is 0 Å². The van der Waals surface area contributed by atoms with Gasteiger partial charge in [0.15, 0.2) is 0 Å². The molecule has 0 spiro atoms. The van der Waals surface area contributed by atoms with E-state index in [9.17, 15) is 4.79 Å². The van der Waals surface area contributed by atoms with E-state index in [2.05, 4.69) is 10.1 Å². The average Bonchev–Trinajstić information content (AvgIpc) is 3.11. The zero-order chi connectivity index (χ0) is 16.9. The van der Waals surface area contributed by atoms with Crippen LogP contribution in [0.15, 0.2) is 66.1 Å². The van der Waals surface area contributed by atoms with E-state index < -0.39 is 5.97 Å². The standard InChI is InChI=1S/C18H13ClN2O2S/c1-12(14-3-2-10-20-11-14)21-23-18(22)17-9-8-16(24-17)13-4-6-15(19)7-5-13/h2-11H,1H3. The van der Waals surface area contributed by atoms with Crippen molar-refractivity contribution < 1.29 is 9.63 Å². The third-order valence-corrected chi connectivity index (χ3v) is 4.65. The largest absolute Gasteiger partial charge is 0.375 e. The van der Waals surface area contributed by atoms with Crippen LogP contribution < -0.4 is 0 Å². The molecule has 24 heavy (non-hydrogen) atoms. The summed E-state index contributed by atoms with van der Waals surface area (Å²) < 4.78 is 0. The molecule has 0 saturated carbocycles. The highest BCUT2D eigenvalue weighted by atomic mass is 35.5. The van der Waals surface area contributed by atoms with Crippen molar-refractivity contribution >= 4 is 34.6 Å². The first-order valence-electron chi connectivity index (χ1n) is 7.15. The van der Waals surface area contributed by atoms with Crippen LogP contribution in [0.25, 0.3) is 10.4 Å². The van der Waals surface area contributed by atoms with Crippen LogP contribution in [0.3, 0.4) is 0 Å². The van der Waals surface area contributed by atoms with E-state index in [4.69, 9.17) is 16.4 Å². The molecule has 2 heterocycles. The fourth-order valence-corrected chi connectivity index (χ4v) is 3.01. The molecule has 0 aliphatic heterocycles. The zero-order valence-corrected chi connectivity index (χ0v) is 14.3. The first kappa shape index (κ1) is 16.4. The highest BCUT2D eigenvalue weighted by Gasteiger charge is 2.12. The van der Waals surface area contributed by atoms with Crippen LogP contribution in [0.4, 0.5) is 0 Å². The third kappa shape index (κ3) is 3.88. The van der Waals surface area contributed by atoms with Gasteiger partial charge in [-0.15, -0.1) is 11.3 Å². The molecule has 0 saturated heterocycles. The molecule has 2 aromatic heterocycles. The summed E-state index contributed by atoms with van der Waals surface area (Å²) in [5.41, 5.74) is 2.39. The lowest BCUT2D eigenvalue weighted by molar-refractivity contribution is 0.0522. The first-order chi connectivity index (χ1) is 11.6. The van der Waals surface area contributed by atoms with Gasteiger partial charge in [-0.1, -0.05) is 28.9 Å². The Morgan fingerprint density at radius 1 is 1.17 bits per heavy atom. The molecule has 0 unspecified atom stereocenters. The topological polar surface area (TPSA) is 51.5 Å². The van der Waals surface area contributed by atoms with Gasteiger partial charge in [-0.3, -0.25) is 4.98 Å². The molecule has 0 radical (unpaired) electrons. The molecular weight excluding hydrogens is 344 g/mol. The Kier molecular flexibility index (Phi) is 5.03. The van der Waals surface area contributed by atoms with Gasteiger partial charge in [-0.05, 0) is 48.9 Å². The number of oxime groups is 1. The van der Waals surface area contributed by atoms with Crippen molar-refractivity contribution in [2.45, 2.75) is 6.92 Å². The Labute approximate surface area is 148 Å². The maximum atomic E-state index is 12.1. The molecular formula is C18H13ClN2O2S. The van der Waals surface area contributed by atoms with Crippen molar-refractivity contribution in [1.82, 2.24) is 4.98 Å². The number of thiophene rings is 1. The SMILES string of the molecule is CC(=NOC(=O)c1ccc(-c2ccc(Cl)cc2)s1)c1cccnc1. The quantitative estimate of drug-likeness (QED) is 0.373. The summed E-state index contributed by atoms with van der Waals surface area (Å²) in [7, 11) is 0. The van der Waals surface area contributed by atoms with Gasteiger partial charge in [0, 0.05) is 27.9 Å². The van der Waals surface area contributed by atoms with Gasteiger partial charge >= 0.3 is 5.97 Å². The molecule has 1 aromatic carbocycles. The minimum absolute atomic E-state index is 0.483. The molecule has 0 amide bonds. The van der Waals surface area contributed by atoms with Crippen LogP contribution in [0.5, 0.6) is 0 Å². The highest BCUT2D eigenvalue weighted by Crippen LogP contribution is 2.29. The summed E-state index contributed by atoms with van der Waals surface area (Å²) in [5, 5.41) is 4.56. The number of carbonyl (C=O) groups is 1. The van der Waals surface area contributed by atoms with E-state index in [1.54, 1.807) is 31.5 Å². The van der Waals surface area contributed by atoms with Crippen LogP contribution in [-0.4, -0.2) is 16.7 Å². The van der Waals surface area contributed by atoms with Crippen molar-refractivity contribution in [2.24, 2.45) is 5.16 Å².